The molecule has 0 saturated carbocycles. The van der Waals surface area contributed by atoms with E-state index in [1.54, 1.807) is 0 Å². The molecule has 0 aromatic heterocycles. The Labute approximate surface area is 121 Å². The molecule has 0 spiro atoms. The van der Waals surface area contributed by atoms with Gasteiger partial charge in [-0.3, -0.25) is 4.79 Å². The van der Waals surface area contributed by atoms with Crippen LogP contribution in [-0.4, -0.2) is 25.5 Å². The van der Waals surface area contributed by atoms with Gasteiger partial charge in [0.25, 0.3) is 0 Å². The number of carbonyl (C=O) groups excluding carboxylic acids is 1. The molecule has 1 fully saturated rings. The van der Waals surface area contributed by atoms with Crippen LogP contribution in [-0.2, 0) is 4.79 Å². The summed E-state index contributed by atoms with van der Waals surface area (Å²) in [6, 6.07) is 8.18. The maximum absolute atomic E-state index is 11.7. The van der Waals surface area contributed by atoms with Crippen LogP contribution in [0.5, 0.6) is 0 Å². The third kappa shape index (κ3) is 4.53. The van der Waals surface area contributed by atoms with Gasteiger partial charge in [0.2, 0.25) is 5.91 Å². The molecule has 1 amide bonds. The molecule has 0 aliphatic carbocycles. The first-order valence-electron chi connectivity index (χ1n) is 7.64. The number of nitrogens with zero attached hydrogens (tertiary/aromatic N) is 1. The first kappa shape index (κ1) is 14.9. The van der Waals surface area contributed by atoms with E-state index in [1.807, 2.05) is 12.1 Å². The number of amides is 1. The lowest BCUT2D eigenvalue weighted by Gasteiger charge is -2.28. The fraction of sp³-hybridized carbons (Fsp3) is 0.562. The van der Waals surface area contributed by atoms with Crippen LogP contribution in [0, 0.1) is 0 Å². The van der Waals surface area contributed by atoms with Crippen molar-refractivity contribution in [3.63, 3.8) is 0 Å². The summed E-state index contributed by atoms with van der Waals surface area (Å²) in [5.74, 6) is 0.0733. The second-order valence-corrected chi connectivity index (χ2v) is 5.39. The monoisotopic (exact) mass is 275 g/mol. The molecular formula is C16H25N3O. The molecule has 1 aromatic rings. The van der Waals surface area contributed by atoms with E-state index < -0.39 is 0 Å². The average Bonchev–Trinajstić information content (AvgIpc) is 2.49. The van der Waals surface area contributed by atoms with E-state index in [9.17, 15) is 4.79 Å². The molecule has 0 radical (unpaired) electrons. The van der Waals surface area contributed by atoms with Crippen molar-refractivity contribution in [2.45, 2.75) is 38.5 Å². The molecule has 0 atom stereocenters. The van der Waals surface area contributed by atoms with E-state index in [-0.39, 0.29) is 5.91 Å². The first-order chi connectivity index (χ1) is 9.79. The SMILES string of the molecule is NCCCCC(=O)Nc1ccc(N2CCCCC2)cc1. The minimum atomic E-state index is 0.0733. The highest BCUT2D eigenvalue weighted by atomic mass is 16.1. The number of anilines is 2. The van der Waals surface area contributed by atoms with Crippen molar-refractivity contribution < 1.29 is 4.79 Å². The van der Waals surface area contributed by atoms with Gasteiger partial charge in [-0.25, -0.2) is 0 Å². The van der Waals surface area contributed by atoms with Crippen molar-refractivity contribution >= 4 is 17.3 Å². The summed E-state index contributed by atoms with van der Waals surface area (Å²) >= 11 is 0. The molecule has 1 heterocycles. The highest BCUT2D eigenvalue weighted by Gasteiger charge is 2.10. The number of carbonyl (C=O) groups is 1. The maximum Gasteiger partial charge on any atom is 0.224 e. The average molecular weight is 275 g/mol. The van der Waals surface area contributed by atoms with Crippen LogP contribution in [0.25, 0.3) is 0 Å². The summed E-state index contributed by atoms with van der Waals surface area (Å²) in [6.07, 6.45) is 6.20. The summed E-state index contributed by atoms with van der Waals surface area (Å²) in [5, 5.41) is 2.93. The van der Waals surface area contributed by atoms with Crippen LogP contribution in [0.3, 0.4) is 0 Å². The van der Waals surface area contributed by atoms with Crippen LogP contribution in [0.1, 0.15) is 38.5 Å². The van der Waals surface area contributed by atoms with Crippen LogP contribution in [0.15, 0.2) is 24.3 Å². The topological polar surface area (TPSA) is 58.4 Å². The van der Waals surface area contributed by atoms with Gasteiger partial charge in [0.1, 0.15) is 0 Å². The molecule has 1 aliphatic heterocycles. The van der Waals surface area contributed by atoms with E-state index in [0.29, 0.717) is 13.0 Å². The summed E-state index contributed by atoms with van der Waals surface area (Å²) in [7, 11) is 0. The van der Waals surface area contributed by atoms with E-state index in [4.69, 9.17) is 5.73 Å². The van der Waals surface area contributed by atoms with Crippen LogP contribution in [0.4, 0.5) is 11.4 Å². The van der Waals surface area contributed by atoms with Gasteiger partial charge in [0, 0.05) is 30.9 Å². The molecule has 4 heteroatoms. The second-order valence-electron chi connectivity index (χ2n) is 5.39. The number of nitrogens with two attached hydrogens (primary N) is 1. The molecular weight excluding hydrogens is 250 g/mol. The Morgan fingerprint density at radius 2 is 1.80 bits per heavy atom. The molecule has 0 bridgehead atoms. The summed E-state index contributed by atoms with van der Waals surface area (Å²) in [6.45, 7) is 2.94. The smallest absolute Gasteiger partial charge is 0.224 e. The van der Waals surface area contributed by atoms with Crippen molar-refractivity contribution in [1.82, 2.24) is 0 Å². The Morgan fingerprint density at radius 3 is 2.45 bits per heavy atom. The van der Waals surface area contributed by atoms with Gasteiger partial charge >= 0.3 is 0 Å². The summed E-state index contributed by atoms with van der Waals surface area (Å²) in [5.41, 5.74) is 7.55. The number of piperidine rings is 1. The fourth-order valence-electron chi connectivity index (χ4n) is 2.56. The molecule has 4 nitrogen and oxygen atoms in total. The third-order valence-corrected chi connectivity index (χ3v) is 3.73. The molecule has 0 unspecified atom stereocenters. The zero-order chi connectivity index (χ0) is 14.2. The Hall–Kier alpha value is -1.55. The molecule has 1 saturated heterocycles. The lowest BCUT2D eigenvalue weighted by Crippen LogP contribution is -2.29. The summed E-state index contributed by atoms with van der Waals surface area (Å²) in [4.78, 5) is 14.1. The quantitative estimate of drug-likeness (QED) is 0.785. The largest absolute Gasteiger partial charge is 0.372 e. The molecule has 20 heavy (non-hydrogen) atoms. The van der Waals surface area contributed by atoms with Gasteiger partial charge in [0.05, 0.1) is 0 Å². The lowest BCUT2D eigenvalue weighted by atomic mass is 10.1. The standard InChI is InChI=1S/C16H25N3O/c17-11-3-2-6-16(20)18-14-7-9-15(10-8-14)19-12-4-1-5-13-19/h7-10H,1-6,11-13,17H2,(H,18,20). The van der Waals surface area contributed by atoms with Crippen LogP contribution >= 0.6 is 0 Å². The Kier molecular flexibility index (Phi) is 5.87. The van der Waals surface area contributed by atoms with Crippen molar-refractivity contribution in [2.24, 2.45) is 5.73 Å². The number of rotatable bonds is 6. The minimum absolute atomic E-state index is 0.0733. The van der Waals surface area contributed by atoms with Crippen molar-refractivity contribution in [2.75, 3.05) is 29.9 Å². The molecule has 1 aliphatic rings. The molecule has 2 rings (SSSR count). The van der Waals surface area contributed by atoms with Gasteiger partial charge in [-0.1, -0.05) is 0 Å². The zero-order valence-corrected chi connectivity index (χ0v) is 12.1. The van der Waals surface area contributed by atoms with E-state index >= 15 is 0 Å². The van der Waals surface area contributed by atoms with E-state index in [2.05, 4.69) is 22.3 Å². The van der Waals surface area contributed by atoms with Crippen LogP contribution < -0.4 is 16.0 Å². The predicted octanol–water partition coefficient (Wildman–Crippen LogP) is 2.74. The van der Waals surface area contributed by atoms with Crippen molar-refractivity contribution in [3.05, 3.63) is 24.3 Å². The van der Waals surface area contributed by atoms with E-state index in [1.165, 1.54) is 24.9 Å². The van der Waals surface area contributed by atoms with Gasteiger partial charge in [-0.15, -0.1) is 0 Å². The third-order valence-electron chi connectivity index (χ3n) is 3.73. The Bertz CT molecular complexity index is 410. The fourth-order valence-corrected chi connectivity index (χ4v) is 2.56. The highest BCUT2D eigenvalue weighted by Crippen LogP contribution is 2.21. The normalized spacial score (nSPS) is 15.2. The van der Waals surface area contributed by atoms with Gasteiger partial charge in [0.15, 0.2) is 0 Å². The first-order valence-corrected chi connectivity index (χ1v) is 7.64. The van der Waals surface area contributed by atoms with Gasteiger partial charge in [-0.05, 0) is 62.9 Å². The number of nitrogens with one attached hydrogen (secondary N) is 1. The number of hydrogen-bond acceptors (Lipinski definition) is 3. The molecule has 3 N–H and O–H groups in total. The number of hydrogen-bond donors (Lipinski definition) is 2. The van der Waals surface area contributed by atoms with Gasteiger partial charge < -0.3 is 16.0 Å². The zero-order valence-electron chi connectivity index (χ0n) is 12.1. The van der Waals surface area contributed by atoms with Gasteiger partial charge in [-0.2, -0.15) is 0 Å². The Balaban J connectivity index is 1.83. The Morgan fingerprint density at radius 1 is 1.10 bits per heavy atom. The van der Waals surface area contributed by atoms with Crippen LogP contribution in [0.2, 0.25) is 0 Å². The number of unbranched alkanes of at least 4 members (excludes halogenated alkanes) is 1. The minimum Gasteiger partial charge on any atom is -0.372 e. The maximum atomic E-state index is 11.7. The second kappa shape index (κ2) is 7.90. The summed E-state index contributed by atoms with van der Waals surface area (Å²) < 4.78 is 0. The predicted molar refractivity (Wildman–Crippen MR) is 84.0 cm³/mol. The highest BCUT2D eigenvalue weighted by molar-refractivity contribution is 5.90. The lowest BCUT2D eigenvalue weighted by molar-refractivity contribution is -0.116. The van der Waals surface area contributed by atoms with Crippen molar-refractivity contribution in [3.8, 4) is 0 Å². The number of benzene rings is 1. The molecule has 1 aromatic carbocycles. The van der Waals surface area contributed by atoms with E-state index in [0.717, 1.165) is 31.6 Å². The van der Waals surface area contributed by atoms with Crippen molar-refractivity contribution in [1.29, 1.82) is 0 Å². The molecule has 110 valence electrons.